The predicted molar refractivity (Wildman–Crippen MR) is 133 cm³/mol. The molecule has 0 unspecified atom stereocenters. The number of aryl methyl sites for hydroxylation is 1. The molecule has 0 spiro atoms. The van der Waals surface area contributed by atoms with Gasteiger partial charge in [0.25, 0.3) is 0 Å². The van der Waals surface area contributed by atoms with Crippen LogP contribution >= 0.6 is 35.7 Å². The highest BCUT2D eigenvalue weighted by Crippen LogP contribution is 2.21. The van der Waals surface area contributed by atoms with Crippen LogP contribution in [0.2, 0.25) is 0 Å². The first-order valence-electron chi connectivity index (χ1n) is 9.15. The quantitative estimate of drug-likeness (QED) is 0.209. The van der Waals surface area contributed by atoms with E-state index in [1.165, 1.54) is 23.1 Å². The predicted octanol–water partition coefficient (Wildman–Crippen LogP) is 4.77. The van der Waals surface area contributed by atoms with Gasteiger partial charge in [-0.1, -0.05) is 24.3 Å². The third kappa shape index (κ3) is 8.53. The topological polar surface area (TPSA) is 74.8 Å². The fourth-order valence-electron chi connectivity index (χ4n) is 2.55. The van der Waals surface area contributed by atoms with Gasteiger partial charge in [-0.2, -0.15) is 0 Å². The lowest BCUT2D eigenvalue weighted by Gasteiger charge is -2.14. The average Bonchev–Trinajstić information content (AvgIpc) is 2.71. The van der Waals surface area contributed by atoms with E-state index in [9.17, 15) is 4.79 Å². The normalized spacial score (nSPS) is 10.7. The summed E-state index contributed by atoms with van der Waals surface area (Å²) in [5.41, 5.74) is 4.25. The SMILES string of the molecule is CCNC(=NCc1ccc(NC(=O)OC)cc1)NCc1ccc(C)cc1SC.I. The van der Waals surface area contributed by atoms with Gasteiger partial charge in [0, 0.05) is 23.7 Å². The molecule has 0 bridgehead atoms. The van der Waals surface area contributed by atoms with Crippen molar-refractivity contribution >= 4 is 53.5 Å². The largest absolute Gasteiger partial charge is 0.453 e. The van der Waals surface area contributed by atoms with Crippen molar-refractivity contribution < 1.29 is 9.53 Å². The van der Waals surface area contributed by atoms with Crippen LogP contribution in [0.1, 0.15) is 23.6 Å². The molecule has 1 amide bonds. The maximum atomic E-state index is 11.2. The van der Waals surface area contributed by atoms with Crippen molar-refractivity contribution in [3.05, 3.63) is 59.2 Å². The monoisotopic (exact) mass is 528 g/mol. The first-order valence-corrected chi connectivity index (χ1v) is 10.4. The Morgan fingerprint density at radius 2 is 1.86 bits per heavy atom. The van der Waals surface area contributed by atoms with E-state index in [0.29, 0.717) is 18.8 Å². The van der Waals surface area contributed by atoms with Crippen molar-refractivity contribution in [2.75, 3.05) is 25.2 Å². The third-order valence-electron chi connectivity index (χ3n) is 4.04. The second kappa shape index (κ2) is 13.3. The Morgan fingerprint density at radius 3 is 2.48 bits per heavy atom. The van der Waals surface area contributed by atoms with E-state index in [4.69, 9.17) is 0 Å². The number of anilines is 1. The number of hydrogen-bond acceptors (Lipinski definition) is 4. The third-order valence-corrected chi connectivity index (χ3v) is 4.86. The Hall–Kier alpha value is -1.94. The number of rotatable bonds is 7. The maximum Gasteiger partial charge on any atom is 0.411 e. The lowest BCUT2D eigenvalue weighted by atomic mass is 10.1. The molecule has 0 saturated carbocycles. The van der Waals surface area contributed by atoms with E-state index >= 15 is 0 Å². The summed E-state index contributed by atoms with van der Waals surface area (Å²) < 4.78 is 4.59. The number of methoxy groups -OCH3 is 1. The molecule has 0 fully saturated rings. The zero-order valence-corrected chi connectivity index (χ0v) is 20.4. The van der Waals surface area contributed by atoms with Gasteiger partial charge in [-0.05, 0) is 55.0 Å². The van der Waals surface area contributed by atoms with Crippen molar-refractivity contribution in [3.8, 4) is 0 Å². The summed E-state index contributed by atoms with van der Waals surface area (Å²) in [4.78, 5) is 17.2. The number of nitrogens with zero attached hydrogens (tertiary/aromatic N) is 1. The molecular weight excluding hydrogens is 499 g/mol. The van der Waals surface area contributed by atoms with E-state index in [-0.39, 0.29) is 24.0 Å². The molecule has 3 N–H and O–H groups in total. The number of hydrogen-bond donors (Lipinski definition) is 3. The van der Waals surface area contributed by atoms with Gasteiger partial charge < -0.3 is 15.4 Å². The molecule has 29 heavy (non-hydrogen) atoms. The van der Waals surface area contributed by atoms with Gasteiger partial charge in [0.15, 0.2) is 5.96 Å². The molecule has 0 saturated heterocycles. The Balaban J connectivity index is 0.00000420. The van der Waals surface area contributed by atoms with E-state index in [1.54, 1.807) is 11.8 Å². The van der Waals surface area contributed by atoms with Crippen LogP contribution in [0.4, 0.5) is 10.5 Å². The summed E-state index contributed by atoms with van der Waals surface area (Å²) in [6.07, 6.45) is 1.61. The van der Waals surface area contributed by atoms with Gasteiger partial charge in [-0.15, -0.1) is 35.7 Å². The van der Waals surface area contributed by atoms with Crippen molar-refractivity contribution in [1.29, 1.82) is 0 Å². The summed E-state index contributed by atoms with van der Waals surface area (Å²) in [6.45, 7) is 6.19. The summed E-state index contributed by atoms with van der Waals surface area (Å²) in [7, 11) is 1.34. The lowest BCUT2D eigenvalue weighted by molar-refractivity contribution is 0.187. The molecule has 2 rings (SSSR count). The van der Waals surface area contributed by atoms with Crippen LogP contribution in [0, 0.1) is 6.92 Å². The standard InChI is InChI=1S/C21H28N4O2S.HI/c1-5-22-20(24-14-17-9-6-15(2)12-19(17)28-4)23-13-16-7-10-18(11-8-16)25-21(26)27-3;/h6-12H,5,13-14H2,1-4H3,(H,25,26)(H2,22,23,24);1H. The number of benzene rings is 2. The zero-order chi connectivity index (χ0) is 20.4. The molecule has 0 aromatic heterocycles. The van der Waals surface area contributed by atoms with Crippen molar-refractivity contribution in [2.45, 2.75) is 31.8 Å². The number of aliphatic imine (C=N–C) groups is 1. The van der Waals surface area contributed by atoms with Crippen LogP contribution in [0.5, 0.6) is 0 Å². The van der Waals surface area contributed by atoms with Crippen LogP contribution < -0.4 is 16.0 Å². The fourth-order valence-corrected chi connectivity index (χ4v) is 3.26. The van der Waals surface area contributed by atoms with Gasteiger partial charge in [-0.25, -0.2) is 9.79 Å². The molecule has 6 nitrogen and oxygen atoms in total. The minimum atomic E-state index is -0.481. The molecule has 8 heteroatoms. The van der Waals surface area contributed by atoms with Crippen molar-refractivity contribution in [1.82, 2.24) is 10.6 Å². The number of thioether (sulfide) groups is 1. The fraction of sp³-hybridized carbons (Fsp3) is 0.333. The average molecular weight is 528 g/mol. The smallest absolute Gasteiger partial charge is 0.411 e. The van der Waals surface area contributed by atoms with E-state index < -0.39 is 6.09 Å². The first-order chi connectivity index (χ1) is 13.5. The van der Waals surface area contributed by atoms with Gasteiger partial charge in [0.1, 0.15) is 0 Å². The second-order valence-electron chi connectivity index (χ2n) is 6.18. The van der Waals surface area contributed by atoms with Gasteiger partial charge in [0.05, 0.1) is 13.7 Å². The van der Waals surface area contributed by atoms with E-state index in [0.717, 1.165) is 18.1 Å². The van der Waals surface area contributed by atoms with Gasteiger partial charge in [0.2, 0.25) is 0 Å². The number of carbonyl (C=O) groups is 1. The molecule has 0 radical (unpaired) electrons. The van der Waals surface area contributed by atoms with Gasteiger partial charge >= 0.3 is 6.09 Å². The van der Waals surface area contributed by atoms with Crippen LogP contribution in [0.15, 0.2) is 52.4 Å². The molecule has 0 aliphatic carbocycles. The summed E-state index contributed by atoms with van der Waals surface area (Å²) >= 11 is 1.75. The van der Waals surface area contributed by atoms with E-state index in [2.05, 4.69) is 57.1 Å². The Morgan fingerprint density at radius 1 is 1.14 bits per heavy atom. The Bertz CT molecular complexity index is 813. The highest BCUT2D eigenvalue weighted by Gasteiger charge is 2.04. The summed E-state index contributed by atoms with van der Waals surface area (Å²) in [6, 6.07) is 14.0. The van der Waals surface area contributed by atoms with Crippen LogP contribution in [-0.2, 0) is 17.8 Å². The zero-order valence-electron chi connectivity index (χ0n) is 17.2. The van der Waals surface area contributed by atoms with Crippen LogP contribution in [-0.4, -0.2) is 32.0 Å². The minimum absolute atomic E-state index is 0. The second-order valence-corrected chi connectivity index (χ2v) is 7.03. The number of nitrogens with one attached hydrogen (secondary N) is 3. The molecule has 0 heterocycles. The Labute approximate surface area is 194 Å². The molecular formula is C21H29IN4O2S. The van der Waals surface area contributed by atoms with Crippen LogP contribution in [0.25, 0.3) is 0 Å². The van der Waals surface area contributed by atoms with Crippen molar-refractivity contribution in [3.63, 3.8) is 0 Å². The molecule has 158 valence electrons. The first kappa shape index (κ1) is 25.1. The summed E-state index contributed by atoms with van der Waals surface area (Å²) in [5.74, 6) is 0.770. The number of ether oxygens (including phenoxy) is 1. The molecule has 0 aliphatic heterocycles. The van der Waals surface area contributed by atoms with Crippen molar-refractivity contribution in [2.24, 2.45) is 4.99 Å². The summed E-state index contributed by atoms with van der Waals surface area (Å²) in [5, 5.41) is 9.31. The maximum absolute atomic E-state index is 11.2. The highest BCUT2D eigenvalue weighted by molar-refractivity contribution is 14.0. The highest BCUT2D eigenvalue weighted by atomic mass is 127. The number of guanidine groups is 1. The molecule has 2 aromatic rings. The lowest BCUT2D eigenvalue weighted by Crippen LogP contribution is -2.36. The van der Waals surface area contributed by atoms with Gasteiger partial charge in [-0.3, -0.25) is 5.32 Å². The van der Waals surface area contributed by atoms with Crippen LogP contribution in [0.3, 0.4) is 0 Å². The molecule has 0 atom stereocenters. The molecule has 0 aliphatic rings. The number of carbonyl (C=O) groups excluding carboxylic acids is 1. The number of halogens is 1. The molecule has 2 aromatic carbocycles. The number of amides is 1. The minimum Gasteiger partial charge on any atom is -0.453 e. The van der Waals surface area contributed by atoms with E-state index in [1.807, 2.05) is 31.2 Å². The Kier molecular flexibility index (Phi) is 11.5.